The largest absolute Gasteiger partial charge is 0.334 e. The molecule has 4 aliphatic rings. The maximum atomic E-state index is 5.17. The fraction of sp³-hybridized carbons (Fsp3) is 0.129. The zero-order chi connectivity index (χ0) is 42.4. The number of fused-ring (bicyclic) bond motifs is 5. The molecule has 1 spiro atoms. The number of nitrogens with zero attached hydrogens (tertiary/aromatic N) is 1. The molecule has 1 saturated carbocycles. The lowest BCUT2D eigenvalue weighted by molar-refractivity contribution is 0.531. The molecule has 1 heteroatoms. The Labute approximate surface area is 372 Å². The van der Waals surface area contributed by atoms with Gasteiger partial charge in [-0.15, -0.1) is 0 Å². The Kier molecular flexibility index (Phi) is 9.77. The molecule has 0 aliphatic heterocycles. The molecule has 0 bridgehead atoms. The van der Waals surface area contributed by atoms with Gasteiger partial charge in [0.15, 0.2) is 0 Å². The van der Waals surface area contributed by atoms with Crippen LogP contribution >= 0.6 is 0 Å². The Balaban J connectivity index is 1.07. The van der Waals surface area contributed by atoms with E-state index in [0.29, 0.717) is 0 Å². The van der Waals surface area contributed by atoms with E-state index >= 15 is 0 Å². The van der Waals surface area contributed by atoms with Crippen LogP contribution in [0.4, 0.5) is 5.69 Å². The van der Waals surface area contributed by atoms with E-state index in [1.54, 1.807) is 0 Å². The summed E-state index contributed by atoms with van der Waals surface area (Å²) in [4.78, 5) is 2.58. The molecule has 1 nitrogen and oxygen atoms in total. The van der Waals surface area contributed by atoms with Crippen LogP contribution in [0.25, 0.3) is 33.0 Å². The van der Waals surface area contributed by atoms with Crippen LogP contribution in [-0.2, 0) is 10.8 Å². The predicted molar refractivity (Wildman–Crippen MR) is 266 cm³/mol. The van der Waals surface area contributed by atoms with E-state index in [-0.39, 0.29) is 11.5 Å². The molecule has 63 heavy (non-hydrogen) atoms. The van der Waals surface area contributed by atoms with Crippen LogP contribution in [0.3, 0.4) is 0 Å². The van der Waals surface area contributed by atoms with Crippen LogP contribution in [0.2, 0.25) is 0 Å². The number of benzene rings is 6. The van der Waals surface area contributed by atoms with Gasteiger partial charge in [0.2, 0.25) is 0 Å². The summed E-state index contributed by atoms with van der Waals surface area (Å²) >= 11 is 0. The number of rotatable bonds is 8. The molecule has 0 radical (unpaired) electrons. The van der Waals surface area contributed by atoms with E-state index in [2.05, 4.69) is 230 Å². The molecule has 0 aromatic heterocycles. The normalized spacial score (nSPS) is 17.6. The van der Waals surface area contributed by atoms with E-state index in [1.807, 2.05) is 0 Å². The van der Waals surface area contributed by atoms with E-state index in [0.717, 1.165) is 36.2 Å². The highest BCUT2D eigenvalue weighted by atomic mass is 15.2. The van der Waals surface area contributed by atoms with Crippen molar-refractivity contribution in [1.82, 2.24) is 0 Å². The maximum absolute atomic E-state index is 5.17. The molecule has 0 N–H and O–H groups in total. The smallest absolute Gasteiger partial charge is 0.0677 e. The first-order chi connectivity index (χ1) is 31.1. The zero-order valence-corrected chi connectivity index (χ0v) is 35.8. The summed E-state index contributed by atoms with van der Waals surface area (Å²) in [5, 5.41) is 2.42. The highest BCUT2D eigenvalue weighted by molar-refractivity contribution is 5.93. The molecule has 1 atom stereocenters. The molecule has 304 valence electrons. The lowest BCUT2D eigenvalue weighted by Gasteiger charge is -2.43. The second-order valence-corrected chi connectivity index (χ2v) is 17.6. The summed E-state index contributed by atoms with van der Waals surface area (Å²) in [5.74, 6) is 0. The van der Waals surface area contributed by atoms with Crippen molar-refractivity contribution >= 4 is 27.6 Å². The molecular formula is C62H51N. The third-order valence-electron chi connectivity index (χ3n) is 14.5. The van der Waals surface area contributed by atoms with Gasteiger partial charge in [-0.05, 0) is 109 Å². The Morgan fingerprint density at radius 3 is 1.71 bits per heavy atom. The van der Waals surface area contributed by atoms with Crippen molar-refractivity contribution in [2.45, 2.75) is 49.0 Å². The van der Waals surface area contributed by atoms with Crippen molar-refractivity contribution < 1.29 is 0 Å². The minimum Gasteiger partial charge on any atom is -0.334 e. The van der Waals surface area contributed by atoms with Crippen molar-refractivity contribution in [3.05, 3.63) is 282 Å². The van der Waals surface area contributed by atoms with Crippen molar-refractivity contribution in [3.63, 3.8) is 0 Å². The minimum atomic E-state index is -0.451. The molecule has 0 heterocycles. The Morgan fingerprint density at radius 2 is 1.06 bits per heavy atom. The van der Waals surface area contributed by atoms with Crippen LogP contribution in [0.1, 0.15) is 65.5 Å². The summed E-state index contributed by atoms with van der Waals surface area (Å²) in [6, 6.07) is 73.6. The van der Waals surface area contributed by atoms with Crippen LogP contribution in [-0.4, -0.2) is 6.04 Å². The highest BCUT2D eigenvalue weighted by Gasteiger charge is 2.51. The van der Waals surface area contributed by atoms with E-state index in [4.69, 9.17) is 6.58 Å². The van der Waals surface area contributed by atoms with E-state index in [9.17, 15) is 0 Å². The van der Waals surface area contributed by atoms with Crippen molar-refractivity contribution in [1.29, 1.82) is 0 Å². The molecule has 11 rings (SSSR count). The van der Waals surface area contributed by atoms with Gasteiger partial charge in [-0.3, -0.25) is 0 Å². The summed E-state index contributed by atoms with van der Waals surface area (Å²) in [5.41, 5.74) is 17.3. The molecule has 1 unspecified atom stereocenters. The maximum Gasteiger partial charge on any atom is 0.0677 e. The van der Waals surface area contributed by atoms with Gasteiger partial charge in [0.25, 0.3) is 0 Å². The third kappa shape index (κ3) is 6.21. The van der Waals surface area contributed by atoms with Crippen molar-refractivity contribution in [2.24, 2.45) is 0 Å². The van der Waals surface area contributed by atoms with Crippen LogP contribution in [0.5, 0.6) is 0 Å². The predicted octanol–water partition coefficient (Wildman–Crippen LogP) is 15.5. The minimum absolute atomic E-state index is 0.00940. The Hall–Kier alpha value is -7.22. The molecule has 0 amide bonds. The summed E-state index contributed by atoms with van der Waals surface area (Å²) < 4.78 is 0. The van der Waals surface area contributed by atoms with Crippen LogP contribution < -0.4 is 4.90 Å². The first kappa shape index (κ1) is 38.7. The first-order valence-corrected chi connectivity index (χ1v) is 22.6. The average Bonchev–Trinajstić information content (AvgIpc) is 4.03. The summed E-state index contributed by atoms with van der Waals surface area (Å²) in [6.07, 6.45) is 12.5. The topological polar surface area (TPSA) is 3.24 Å². The highest BCUT2D eigenvalue weighted by Crippen LogP contribution is 2.60. The average molecular weight is 810 g/mol. The lowest BCUT2D eigenvalue weighted by Crippen LogP contribution is -2.40. The third-order valence-corrected chi connectivity index (χ3v) is 14.5. The molecule has 1 fully saturated rings. The van der Waals surface area contributed by atoms with Crippen LogP contribution in [0.15, 0.2) is 248 Å². The van der Waals surface area contributed by atoms with Gasteiger partial charge in [-0.25, -0.2) is 0 Å². The summed E-state index contributed by atoms with van der Waals surface area (Å²) in [6.45, 7) is 9.64. The fourth-order valence-corrected chi connectivity index (χ4v) is 11.8. The number of allylic oxidation sites excluding steroid dienone is 5. The standard InChI is InChI=1S/C62H51N/c1-3-53-54-31-14-16-33-57(54)61(41-18-19-42-61)60(53)44(2)63(51-37-35-48(36-38-51)47-24-13-11-22-45-21-10-12-23-46(45)25-20-26-47)52-39-40-56-55-32-15-17-34-58(55)62(59(56)43-52,49-27-6-4-7-28-49)50-29-8-5-9-30-50/h3-17,20-40,52H,1-2,18-19,41-43H2. The Morgan fingerprint density at radius 1 is 0.540 bits per heavy atom. The Bertz CT molecular complexity index is 3020. The number of hydrogen-bond acceptors (Lipinski definition) is 1. The van der Waals surface area contributed by atoms with Gasteiger partial charge in [0.05, 0.1) is 11.5 Å². The van der Waals surface area contributed by atoms with Gasteiger partial charge >= 0.3 is 0 Å². The second-order valence-electron chi connectivity index (χ2n) is 17.6. The van der Waals surface area contributed by atoms with E-state index < -0.39 is 5.41 Å². The molecule has 4 aliphatic carbocycles. The quantitative estimate of drug-likeness (QED) is 0.148. The van der Waals surface area contributed by atoms with Gasteiger partial charge in [-0.1, -0.05) is 232 Å². The number of hydrogen-bond donors (Lipinski definition) is 0. The van der Waals surface area contributed by atoms with Crippen molar-refractivity contribution in [2.75, 3.05) is 4.90 Å². The molecular weight excluding hydrogens is 759 g/mol. The lowest BCUT2D eigenvalue weighted by atomic mass is 9.65. The SMILES string of the molecule is C=CC1=C(C(=C)N(c2ccc(-c3ccccc4ccccc4ccc3)cc2)C2C=CC3=C(C2)C(c2ccccc2)(c2ccccc2)c2ccccc23)C2(CCCC2)c2ccccc21. The summed E-state index contributed by atoms with van der Waals surface area (Å²) in [7, 11) is 0. The van der Waals surface area contributed by atoms with Gasteiger partial charge < -0.3 is 4.90 Å². The van der Waals surface area contributed by atoms with Gasteiger partial charge in [0, 0.05) is 16.8 Å². The molecule has 7 aromatic rings. The van der Waals surface area contributed by atoms with Gasteiger partial charge in [0.1, 0.15) is 0 Å². The number of anilines is 1. The second kappa shape index (κ2) is 15.9. The molecule has 0 saturated heterocycles. The van der Waals surface area contributed by atoms with Gasteiger partial charge in [-0.2, -0.15) is 0 Å². The fourth-order valence-electron chi connectivity index (χ4n) is 11.8. The van der Waals surface area contributed by atoms with E-state index in [1.165, 1.54) is 84.9 Å². The first-order valence-electron chi connectivity index (χ1n) is 22.6. The molecule has 7 aromatic carbocycles. The zero-order valence-electron chi connectivity index (χ0n) is 35.8. The monoisotopic (exact) mass is 809 g/mol. The van der Waals surface area contributed by atoms with Crippen molar-refractivity contribution in [3.8, 4) is 11.1 Å². The van der Waals surface area contributed by atoms with Crippen LogP contribution in [0, 0.1) is 0 Å².